The van der Waals surface area contributed by atoms with Crippen LogP contribution in [-0.2, 0) is 9.53 Å². The van der Waals surface area contributed by atoms with E-state index in [-0.39, 0.29) is 29.6 Å². The zero-order chi connectivity index (χ0) is 17.4. The Labute approximate surface area is 135 Å². The lowest BCUT2D eigenvalue weighted by molar-refractivity contribution is -0.137. The number of pyridine rings is 1. The normalized spacial score (nSPS) is 12.4. The largest absolute Gasteiger partial charge is 0.462 e. The Morgan fingerprint density at radius 1 is 1.52 bits per heavy atom. The molecule has 1 rings (SSSR count). The molecule has 0 aromatic carbocycles. The highest BCUT2D eigenvalue weighted by atomic mass is 19.1. The molecule has 0 saturated carbocycles. The van der Waals surface area contributed by atoms with E-state index in [0.717, 1.165) is 6.20 Å². The van der Waals surface area contributed by atoms with Gasteiger partial charge in [-0.15, -0.1) is 0 Å². The Morgan fingerprint density at radius 2 is 2.22 bits per heavy atom. The molecule has 0 radical (unpaired) electrons. The number of halogens is 1. The number of nitrogens with one attached hydrogen (secondary N) is 1. The molecule has 0 aliphatic carbocycles. The Hall–Kier alpha value is -2.44. The molecule has 0 saturated heterocycles. The van der Waals surface area contributed by atoms with Crippen LogP contribution in [0.4, 0.5) is 10.1 Å². The van der Waals surface area contributed by atoms with Crippen molar-refractivity contribution in [1.82, 2.24) is 4.98 Å². The highest BCUT2D eigenvalue weighted by molar-refractivity contribution is 6.26. The van der Waals surface area contributed by atoms with Gasteiger partial charge < -0.3 is 15.8 Å². The fraction of sp³-hybridized carbons (Fsp3) is 0.438. The number of aliphatic imine (C=N–C) groups is 1. The minimum Gasteiger partial charge on any atom is -0.462 e. The van der Waals surface area contributed by atoms with Gasteiger partial charge in [-0.05, 0) is 27.7 Å². The van der Waals surface area contributed by atoms with Crippen LogP contribution in [0, 0.1) is 5.82 Å². The number of nitrogens with two attached hydrogens (primary N) is 1. The summed E-state index contributed by atoms with van der Waals surface area (Å²) in [6.07, 6.45) is 2.55. The monoisotopic (exact) mass is 322 g/mol. The average molecular weight is 322 g/mol. The number of rotatable bonds is 7. The third-order valence-electron chi connectivity index (χ3n) is 2.75. The van der Waals surface area contributed by atoms with Gasteiger partial charge in [-0.3, -0.25) is 4.99 Å². The number of hydrogen-bond acceptors (Lipinski definition) is 6. The summed E-state index contributed by atoms with van der Waals surface area (Å²) in [6.45, 7) is 7.85. The van der Waals surface area contributed by atoms with Crippen molar-refractivity contribution >= 4 is 17.4 Å². The standard InChI is InChI=1S/C16H23FN4O2/c1-5-19-14(12(8-18)16(22)23-6-2)15-13(17)7-11(9-20-15)21-10(3)4/h7-10,21H,5-6,18H2,1-4H3/b12-8+,19-14?. The lowest BCUT2D eigenvalue weighted by Gasteiger charge is -2.13. The SMILES string of the molecule is CCN=C(/C(=C\N)C(=O)OCC)c1ncc(NC(C)C)cc1F. The lowest BCUT2D eigenvalue weighted by Crippen LogP contribution is -2.21. The van der Waals surface area contributed by atoms with E-state index >= 15 is 0 Å². The molecule has 126 valence electrons. The van der Waals surface area contributed by atoms with Crippen molar-refractivity contribution < 1.29 is 13.9 Å². The lowest BCUT2D eigenvalue weighted by atomic mass is 10.1. The maximum Gasteiger partial charge on any atom is 0.341 e. The number of nitrogens with zero attached hydrogens (tertiary/aromatic N) is 2. The molecule has 7 heteroatoms. The van der Waals surface area contributed by atoms with E-state index in [1.807, 2.05) is 13.8 Å². The van der Waals surface area contributed by atoms with Gasteiger partial charge in [0.25, 0.3) is 0 Å². The van der Waals surface area contributed by atoms with E-state index in [1.54, 1.807) is 13.8 Å². The molecule has 1 heterocycles. The number of ether oxygens (including phenoxy) is 1. The Kier molecular flexibility index (Phi) is 7.18. The molecular weight excluding hydrogens is 299 g/mol. The second-order valence-corrected chi connectivity index (χ2v) is 4.98. The van der Waals surface area contributed by atoms with Crippen molar-refractivity contribution in [2.45, 2.75) is 33.7 Å². The van der Waals surface area contributed by atoms with E-state index < -0.39 is 11.8 Å². The van der Waals surface area contributed by atoms with Crippen LogP contribution in [0.1, 0.15) is 33.4 Å². The molecule has 0 spiro atoms. The molecule has 3 N–H and O–H groups in total. The Bertz CT molecular complexity index is 612. The first-order chi connectivity index (χ1) is 10.9. The summed E-state index contributed by atoms with van der Waals surface area (Å²) in [7, 11) is 0. The van der Waals surface area contributed by atoms with Gasteiger partial charge in [-0.1, -0.05) is 0 Å². The van der Waals surface area contributed by atoms with E-state index in [9.17, 15) is 9.18 Å². The molecule has 0 bridgehead atoms. The van der Waals surface area contributed by atoms with Crippen LogP contribution in [0.25, 0.3) is 0 Å². The smallest absolute Gasteiger partial charge is 0.341 e. The van der Waals surface area contributed by atoms with Crippen molar-refractivity contribution in [2.24, 2.45) is 10.7 Å². The summed E-state index contributed by atoms with van der Waals surface area (Å²) in [4.78, 5) is 20.2. The first-order valence-corrected chi connectivity index (χ1v) is 7.50. The summed E-state index contributed by atoms with van der Waals surface area (Å²) in [6, 6.07) is 1.46. The number of carbonyl (C=O) groups is 1. The molecule has 1 aromatic heterocycles. The molecule has 0 fully saturated rings. The van der Waals surface area contributed by atoms with Crippen LogP contribution in [0.5, 0.6) is 0 Å². The van der Waals surface area contributed by atoms with Crippen molar-refractivity contribution in [1.29, 1.82) is 0 Å². The third-order valence-corrected chi connectivity index (χ3v) is 2.75. The first-order valence-electron chi connectivity index (χ1n) is 7.50. The molecular formula is C16H23FN4O2. The second-order valence-electron chi connectivity index (χ2n) is 4.98. The zero-order valence-electron chi connectivity index (χ0n) is 13.9. The van der Waals surface area contributed by atoms with Gasteiger partial charge >= 0.3 is 5.97 Å². The number of esters is 1. The van der Waals surface area contributed by atoms with E-state index in [4.69, 9.17) is 10.5 Å². The van der Waals surface area contributed by atoms with Crippen molar-refractivity contribution in [3.63, 3.8) is 0 Å². The van der Waals surface area contributed by atoms with E-state index in [2.05, 4.69) is 15.3 Å². The maximum absolute atomic E-state index is 14.4. The number of hydrogen-bond donors (Lipinski definition) is 2. The number of carbonyl (C=O) groups excluding carboxylic acids is 1. The molecule has 6 nitrogen and oxygen atoms in total. The molecule has 0 amide bonds. The van der Waals surface area contributed by atoms with Crippen LogP contribution in [0.15, 0.2) is 29.0 Å². The number of anilines is 1. The van der Waals surface area contributed by atoms with Gasteiger partial charge in [0.05, 0.1) is 18.5 Å². The predicted molar refractivity (Wildman–Crippen MR) is 88.9 cm³/mol. The summed E-state index contributed by atoms with van der Waals surface area (Å²) < 4.78 is 19.3. The van der Waals surface area contributed by atoms with Crippen molar-refractivity contribution in [2.75, 3.05) is 18.5 Å². The first kappa shape index (κ1) is 18.6. The summed E-state index contributed by atoms with van der Waals surface area (Å²) >= 11 is 0. The fourth-order valence-electron chi connectivity index (χ4n) is 1.92. The molecule has 0 aliphatic heterocycles. The molecule has 0 atom stereocenters. The summed E-state index contributed by atoms with van der Waals surface area (Å²) in [5.41, 5.74) is 6.10. The Morgan fingerprint density at radius 3 is 2.70 bits per heavy atom. The van der Waals surface area contributed by atoms with Gasteiger partial charge in [-0.25, -0.2) is 14.2 Å². The van der Waals surface area contributed by atoms with E-state index in [1.165, 1.54) is 12.3 Å². The minimum atomic E-state index is -0.659. The quantitative estimate of drug-likeness (QED) is 0.456. The van der Waals surface area contributed by atoms with Crippen LogP contribution in [0.2, 0.25) is 0 Å². The van der Waals surface area contributed by atoms with Crippen LogP contribution in [0.3, 0.4) is 0 Å². The number of aromatic nitrogens is 1. The molecule has 1 aromatic rings. The van der Waals surface area contributed by atoms with Crippen LogP contribution < -0.4 is 11.1 Å². The van der Waals surface area contributed by atoms with Gasteiger partial charge in [-0.2, -0.15) is 0 Å². The average Bonchev–Trinajstić information content (AvgIpc) is 2.47. The van der Waals surface area contributed by atoms with Gasteiger partial charge in [0, 0.05) is 24.9 Å². The van der Waals surface area contributed by atoms with Gasteiger partial charge in [0.15, 0.2) is 5.82 Å². The van der Waals surface area contributed by atoms with Gasteiger partial charge in [0.1, 0.15) is 17.0 Å². The predicted octanol–water partition coefficient (Wildman–Crippen LogP) is 2.26. The summed E-state index contributed by atoms with van der Waals surface area (Å²) in [5, 5.41) is 3.06. The molecule has 0 unspecified atom stereocenters. The van der Waals surface area contributed by atoms with E-state index in [0.29, 0.717) is 12.2 Å². The van der Waals surface area contributed by atoms with Crippen molar-refractivity contribution in [3.05, 3.63) is 35.5 Å². The molecule has 0 aliphatic rings. The van der Waals surface area contributed by atoms with Crippen LogP contribution >= 0.6 is 0 Å². The Balaban J connectivity index is 3.26. The zero-order valence-corrected chi connectivity index (χ0v) is 13.9. The minimum absolute atomic E-state index is 0.00957. The third kappa shape index (κ3) is 5.05. The fourth-order valence-corrected chi connectivity index (χ4v) is 1.92. The maximum atomic E-state index is 14.4. The van der Waals surface area contributed by atoms with Gasteiger partial charge in [0.2, 0.25) is 0 Å². The summed E-state index contributed by atoms with van der Waals surface area (Å²) in [5.74, 6) is -1.25. The topological polar surface area (TPSA) is 89.6 Å². The molecule has 23 heavy (non-hydrogen) atoms. The van der Waals surface area contributed by atoms with Crippen molar-refractivity contribution in [3.8, 4) is 0 Å². The van der Waals surface area contributed by atoms with Crippen LogP contribution in [-0.4, -0.2) is 35.9 Å². The highest BCUT2D eigenvalue weighted by Crippen LogP contribution is 2.17. The second kappa shape index (κ2) is 8.87. The highest BCUT2D eigenvalue weighted by Gasteiger charge is 2.22.